The summed E-state index contributed by atoms with van der Waals surface area (Å²) in [5, 5.41) is 3.73. The molecule has 1 atom stereocenters. The van der Waals surface area contributed by atoms with Gasteiger partial charge in [0.1, 0.15) is 0 Å². The predicted octanol–water partition coefficient (Wildman–Crippen LogP) is 4.17. The molecule has 3 nitrogen and oxygen atoms in total. The van der Waals surface area contributed by atoms with Crippen LogP contribution in [0.25, 0.3) is 5.70 Å². The highest BCUT2D eigenvalue weighted by Crippen LogP contribution is 2.54. The van der Waals surface area contributed by atoms with Gasteiger partial charge in [-0.15, -0.1) is 18.3 Å². The van der Waals surface area contributed by atoms with E-state index in [9.17, 15) is 4.79 Å². The molecule has 4 rings (SSSR count). The summed E-state index contributed by atoms with van der Waals surface area (Å²) in [6.07, 6.45) is 7.54. The molecule has 1 aliphatic heterocycles. The van der Waals surface area contributed by atoms with E-state index in [0.29, 0.717) is 6.54 Å². The smallest absolute Gasteiger partial charge is 0.255 e. The molecule has 132 valence electrons. The van der Waals surface area contributed by atoms with Crippen LogP contribution in [0.3, 0.4) is 0 Å². The zero-order valence-corrected chi connectivity index (χ0v) is 15.7. The highest BCUT2D eigenvalue weighted by molar-refractivity contribution is 7.99. The minimum absolute atomic E-state index is 0.0149. The first kappa shape index (κ1) is 16.8. The quantitative estimate of drug-likeness (QED) is 0.824. The van der Waals surface area contributed by atoms with E-state index in [2.05, 4.69) is 43.1 Å². The van der Waals surface area contributed by atoms with E-state index in [4.69, 9.17) is 0 Å². The van der Waals surface area contributed by atoms with Gasteiger partial charge in [-0.1, -0.05) is 50.1 Å². The van der Waals surface area contributed by atoms with Crippen molar-refractivity contribution in [3.05, 3.63) is 53.6 Å². The van der Waals surface area contributed by atoms with Crippen molar-refractivity contribution < 1.29 is 4.79 Å². The molecule has 0 aromatic heterocycles. The fourth-order valence-corrected chi connectivity index (χ4v) is 5.67. The first-order chi connectivity index (χ1) is 12.2. The third kappa shape index (κ3) is 2.62. The molecule has 3 aliphatic rings. The van der Waals surface area contributed by atoms with Gasteiger partial charge in [0.2, 0.25) is 0 Å². The molecular weight excluding hydrogens is 328 g/mol. The number of fused-ring (bicyclic) bond motifs is 3. The number of thioether (sulfide) groups is 1. The van der Waals surface area contributed by atoms with Crippen LogP contribution < -0.4 is 5.32 Å². The monoisotopic (exact) mass is 354 g/mol. The molecule has 0 bridgehead atoms. The molecule has 1 heterocycles. The molecular formula is C21H26N2OS. The van der Waals surface area contributed by atoms with Crippen molar-refractivity contribution >= 4 is 23.4 Å². The van der Waals surface area contributed by atoms with Crippen LogP contribution in [0, 0.1) is 5.41 Å². The number of carbonyl (C=O) groups is 1. The lowest BCUT2D eigenvalue weighted by Gasteiger charge is -2.46. The van der Waals surface area contributed by atoms with Crippen LogP contribution in [-0.2, 0) is 11.2 Å². The maximum atomic E-state index is 13.6. The largest absolute Gasteiger partial charge is 0.356 e. The number of benzene rings is 1. The third-order valence-electron chi connectivity index (χ3n) is 5.83. The second kappa shape index (κ2) is 6.56. The minimum atomic E-state index is -0.0149. The Hall–Kier alpha value is -1.68. The summed E-state index contributed by atoms with van der Waals surface area (Å²) in [4.78, 5) is 15.5. The van der Waals surface area contributed by atoms with Gasteiger partial charge in [-0.3, -0.25) is 4.79 Å². The number of hydrogen-bond donors (Lipinski definition) is 1. The number of nitrogens with one attached hydrogen (secondary N) is 1. The molecule has 25 heavy (non-hydrogen) atoms. The number of rotatable bonds is 4. The average Bonchev–Trinajstić information content (AvgIpc) is 3.07. The van der Waals surface area contributed by atoms with Gasteiger partial charge in [-0.2, -0.15) is 0 Å². The van der Waals surface area contributed by atoms with Gasteiger partial charge in [0, 0.05) is 23.1 Å². The molecule has 1 spiro atoms. The van der Waals surface area contributed by atoms with Gasteiger partial charge < -0.3 is 10.2 Å². The van der Waals surface area contributed by atoms with E-state index in [0.717, 1.165) is 36.3 Å². The minimum Gasteiger partial charge on any atom is -0.356 e. The van der Waals surface area contributed by atoms with Crippen LogP contribution >= 0.6 is 11.8 Å². The van der Waals surface area contributed by atoms with Gasteiger partial charge in [-0.25, -0.2) is 0 Å². The Morgan fingerprint density at radius 2 is 2.12 bits per heavy atom. The first-order valence-electron chi connectivity index (χ1n) is 9.33. The van der Waals surface area contributed by atoms with Crippen molar-refractivity contribution in [2.45, 2.75) is 44.5 Å². The van der Waals surface area contributed by atoms with Crippen molar-refractivity contribution in [2.24, 2.45) is 5.41 Å². The van der Waals surface area contributed by atoms with Crippen molar-refractivity contribution in [3.63, 3.8) is 0 Å². The first-order valence-corrected chi connectivity index (χ1v) is 10.4. The zero-order chi connectivity index (χ0) is 17.4. The zero-order valence-electron chi connectivity index (χ0n) is 14.9. The number of nitrogens with zero attached hydrogens (tertiary/aromatic N) is 1. The predicted molar refractivity (Wildman–Crippen MR) is 105 cm³/mol. The Bertz CT molecular complexity index is 733. The van der Waals surface area contributed by atoms with Crippen molar-refractivity contribution in [1.82, 2.24) is 10.2 Å². The highest BCUT2D eigenvalue weighted by atomic mass is 32.2. The topological polar surface area (TPSA) is 32.3 Å². The maximum Gasteiger partial charge on any atom is 0.255 e. The normalized spacial score (nSPS) is 24.1. The van der Waals surface area contributed by atoms with Crippen LogP contribution in [0.2, 0.25) is 0 Å². The van der Waals surface area contributed by atoms with Crippen LogP contribution in [0.5, 0.6) is 0 Å². The van der Waals surface area contributed by atoms with Crippen LogP contribution in [-0.4, -0.2) is 28.6 Å². The summed E-state index contributed by atoms with van der Waals surface area (Å²) >= 11 is 1.78. The molecule has 1 aromatic carbocycles. The van der Waals surface area contributed by atoms with E-state index < -0.39 is 0 Å². The van der Waals surface area contributed by atoms with Gasteiger partial charge in [-0.05, 0) is 30.6 Å². The number of hydrogen-bond acceptors (Lipinski definition) is 3. The molecule has 1 unspecified atom stereocenters. The lowest BCUT2D eigenvalue weighted by atomic mass is 9.67. The van der Waals surface area contributed by atoms with E-state index in [1.165, 1.54) is 24.0 Å². The molecule has 1 N–H and O–H groups in total. The average molecular weight is 355 g/mol. The summed E-state index contributed by atoms with van der Waals surface area (Å²) in [5.74, 6) is 1.18. The van der Waals surface area contributed by atoms with Gasteiger partial charge in [0.05, 0.1) is 5.70 Å². The summed E-state index contributed by atoms with van der Waals surface area (Å²) in [7, 11) is 0. The summed E-state index contributed by atoms with van der Waals surface area (Å²) < 4.78 is 0. The van der Waals surface area contributed by atoms with Gasteiger partial charge in [0.15, 0.2) is 5.50 Å². The Morgan fingerprint density at radius 1 is 1.36 bits per heavy atom. The van der Waals surface area contributed by atoms with Crippen molar-refractivity contribution in [3.8, 4) is 0 Å². The molecule has 0 saturated heterocycles. The van der Waals surface area contributed by atoms with Crippen molar-refractivity contribution in [2.75, 3.05) is 12.3 Å². The summed E-state index contributed by atoms with van der Waals surface area (Å²) in [6.45, 7) is 6.60. The van der Waals surface area contributed by atoms with Gasteiger partial charge in [0.25, 0.3) is 5.91 Å². The Balaban J connectivity index is 1.87. The molecule has 2 aliphatic carbocycles. The molecule has 1 saturated carbocycles. The third-order valence-corrected chi connectivity index (χ3v) is 6.85. The number of amides is 1. The Kier molecular flexibility index (Phi) is 4.40. The lowest BCUT2D eigenvalue weighted by Crippen LogP contribution is -2.55. The highest BCUT2D eigenvalue weighted by Gasteiger charge is 2.49. The van der Waals surface area contributed by atoms with E-state index in [-0.39, 0.29) is 16.8 Å². The van der Waals surface area contributed by atoms with Gasteiger partial charge >= 0.3 is 0 Å². The van der Waals surface area contributed by atoms with Crippen LogP contribution in [0.1, 0.15) is 43.7 Å². The molecule has 4 heteroatoms. The summed E-state index contributed by atoms with van der Waals surface area (Å²) in [6, 6.07) is 8.62. The second-order valence-corrected chi connectivity index (χ2v) is 8.63. The van der Waals surface area contributed by atoms with Crippen molar-refractivity contribution in [1.29, 1.82) is 0 Å². The lowest BCUT2D eigenvalue weighted by molar-refractivity contribution is -0.129. The fourth-order valence-electron chi connectivity index (χ4n) is 4.79. The molecule has 1 aromatic rings. The fraction of sp³-hybridized carbons (Fsp3) is 0.476. The Morgan fingerprint density at radius 3 is 2.84 bits per heavy atom. The number of carbonyl (C=O) groups excluding carboxylic acids is 1. The SMILES string of the molecule is C=CCN1C(=O)C2=C(NC1SCC)c1ccccc1CC21CCCC1. The van der Waals surface area contributed by atoms with E-state index in [1.54, 1.807) is 11.8 Å². The standard InChI is InChI=1S/C21H26N2OS/c1-3-13-23-19(24)17-18(22-20(23)25-4-2)16-10-6-5-9-15(16)14-21(17)11-7-8-12-21/h3,5-6,9-10,20,22H,1,4,7-8,11-14H2,2H3. The van der Waals surface area contributed by atoms with E-state index in [1.807, 2.05) is 11.0 Å². The van der Waals surface area contributed by atoms with Crippen LogP contribution in [0.15, 0.2) is 42.5 Å². The molecule has 1 fully saturated rings. The second-order valence-electron chi connectivity index (χ2n) is 7.27. The molecule has 1 amide bonds. The molecule has 0 radical (unpaired) electrons. The maximum absolute atomic E-state index is 13.6. The Labute approximate surface area is 154 Å². The summed E-state index contributed by atoms with van der Waals surface area (Å²) in [5.41, 5.74) is 4.76. The van der Waals surface area contributed by atoms with E-state index >= 15 is 0 Å². The van der Waals surface area contributed by atoms with Crippen LogP contribution in [0.4, 0.5) is 0 Å².